The maximum absolute atomic E-state index is 12.0. The van der Waals surface area contributed by atoms with Crippen molar-refractivity contribution in [3.8, 4) is 0 Å². The van der Waals surface area contributed by atoms with Gasteiger partial charge in [0, 0.05) is 12.7 Å². The van der Waals surface area contributed by atoms with Gasteiger partial charge in [-0.3, -0.25) is 0 Å². The summed E-state index contributed by atoms with van der Waals surface area (Å²) in [4.78, 5) is 11.8. The molecule has 0 aliphatic heterocycles. The molecule has 0 bridgehead atoms. The Morgan fingerprint density at radius 1 is 1.33 bits per heavy atom. The van der Waals surface area contributed by atoms with Gasteiger partial charge in [-0.25, -0.2) is 18.4 Å². The van der Waals surface area contributed by atoms with Crippen LogP contribution in [0.3, 0.4) is 0 Å². The number of carbonyl (C=O) groups is 1. The molecule has 0 spiro atoms. The standard InChI is InChI=1S/C13H22N2O5S/c1-5-15-9-10(21(14,17)18)8-11(15)12(16)19-6-7-20-13(2,3)4/h8-9H,5-7H2,1-4H3,(H2,14,17,18). The highest BCUT2D eigenvalue weighted by Gasteiger charge is 2.19. The molecule has 0 radical (unpaired) electrons. The van der Waals surface area contributed by atoms with Gasteiger partial charge >= 0.3 is 5.97 Å². The van der Waals surface area contributed by atoms with Gasteiger partial charge in [-0.1, -0.05) is 0 Å². The Bertz CT molecular complexity index is 599. The number of hydrogen-bond acceptors (Lipinski definition) is 5. The van der Waals surface area contributed by atoms with E-state index >= 15 is 0 Å². The number of esters is 1. The van der Waals surface area contributed by atoms with Gasteiger partial charge in [0.2, 0.25) is 10.0 Å². The predicted octanol–water partition coefficient (Wildman–Crippen LogP) is 1.13. The molecule has 0 aliphatic rings. The van der Waals surface area contributed by atoms with Crippen LogP contribution in [0.15, 0.2) is 17.2 Å². The van der Waals surface area contributed by atoms with Gasteiger partial charge in [-0.05, 0) is 33.8 Å². The summed E-state index contributed by atoms with van der Waals surface area (Å²) < 4.78 is 34.6. The van der Waals surface area contributed by atoms with Crippen LogP contribution in [0.25, 0.3) is 0 Å². The van der Waals surface area contributed by atoms with E-state index in [0.29, 0.717) is 6.54 Å². The number of rotatable bonds is 6. The molecule has 7 nitrogen and oxygen atoms in total. The van der Waals surface area contributed by atoms with Crippen LogP contribution in [-0.2, 0) is 26.0 Å². The molecule has 8 heteroatoms. The molecule has 1 rings (SSSR count). The van der Waals surface area contributed by atoms with E-state index in [1.165, 1.54) is 16.8 Å². The maximum Gasteiger partial charge on any atom is 0.355 e. The summed E-state index contributed by atoms with van der Waals surface area (Å²) in [5.74, 6) is -0.607. The summed E-state index contributed by atoms with van der Waals surface area (Å²) >= 11 is 0. The molecule has 1 heterocycles. The summed E-state index contributed by atoms with van der Waals surface area (Å²) in [5, 5.41) is 5.05. The Morgan fingerprint density at radius 3 is 2.43 bits per heavy atom. The van der Waals surface area contributed by atoms with Crippen LogP contribution in [0.1, 0.15) is 38.2 Å². The van der Waals surface area contributed by atoms with E-state index in [0.717, 1.165) is 0 Å². The number of hydrogen-bond donors (Lipinski definition) is 1. The largest absolute Gasteiger partial charge is 0.459 e. The van der Waals surface area contributed by atoms with Gasteiger partial charge in [0.15, 0.2) is 0 Å². The van der Waals surface area contributed by atoms with E-state index in [1.54, 1.807) is 6.92 Å². The zero-order valence-electron chi connectivity index (χ0n) is 12.8. The monoisotopic (exact) mass is 318 g/mol. The van der Waals surface area contributed by atoms with Crippen molar-refractivity contribution in [2.75, 3.05) is 13.2 Å². The summed E-state index contributed by atoms with van der Waals surface area (Å²) in [7, 11) is -3.85. The summed E-state index contributed by atoms with van der Waals surface area (Å²) in [5.41, 5.74) is -0.158. The molecule has 120 valence electrons. The molecular formula is C13H22N2O5S. The first-order chi connectivity index (χ1) is 9.54. The fourth-order valence-electron chi connectivity index (χ4n) is 1.63. The summed E-state index contributed by atoms with van der Waals surface area (Å²) in [6, 6.07) is 1.21. The lowest BCUT2D eigenvalue weighted by atomic mass is 10.2. The Hall–Kier alpha value is -1.38. The average molecular weight is 318 g/mol. The summed E-state index contributed by atoms with van der Waals surface area (Å²) in [6.45, 7) is 8.27. The third-order valence-electron chi connectivity index (χ3n) is 2.60. The van der Waals surface area contributed by atoms with Crippen molar-refractivity contribution in [1.82, 2.24) is 4.57 Å². The van der Waals surface area contributed by atoms with Crippen molar-refractivity contribution in [2.24, 2.45) is 5.14 Å². The van der Waals surface area contributed by atoms with Crippen molar-refractivity contribution in [1.29, 1.82) is 0 Å². The number of aromatic nitrogens is 1. The fraction of sp³-hybridized carbons (Fsp3) is 0.615. The molecule has 0 saturated heterocycles. The quantitative estimate of drug-likeness (QED) is 0.626. The van der Waals surface area contributed by atoms with E-state index in [1.807, 2.05) is 20.8 Å². The van der Waals surface area contributed by atoms with E-state index in [9.17, 15) is 13.2 Å². The molecular weight excluding hydrogens is 296 g/mol. The van der Waals surface area contributed by atoms with Gasteiger partial charge in [0.25, 0.3) is 0 Å². The number of sulfonamides is 1. The lowest BCUT2D eigenvalue weighted by molar-refractivity contribution is -0.0284. The lowest BCUT2D eigenvalue weighted by Gasteiger charge is -2.19. The van der Waals surface area contributed by atoms with Crippen LogP contribution in [0.4, 0.5) is 0 Å². The third kappa shape index (κ3) is 5.49. The second kappa shape index (κ2) is 6.59. The van der Waals surface area contributed by atoms with Gasteiger partial charge in [-0.2, -0.15) is 0 Å². The number of primary sulfonamides is 1. The molecule has 0 atom stereocenters. The Balaban J connectivity index is 2.72. The molecule has 21 heavy (non-hydrogen) atoms. The molecule has 0 aliphatic carbocycles. The lowest BCUT2D eigenvalue weighted by Crippen LogP contribution is -2.23. The first-order valence-corrected chi connectivity index (χ1v) is 8.13. The molecule has 2 N–H and O–H groups in total. The van der Waals surface area contributed by atoms with Gasteiger partial charge < -0.3 is 14.0 Å². The van der Waals surface area contributed by atoms with Crippen molar-refractivity contribution < 1.29 is 22.7 Å². The average Bonchev–Trinajstić information content (AvgIpc) is 2.77. The van der Waals surface area contributed by atoms with Crippen molar-refractivity contribution in [3.63, 3.8) is 0 Å². The number of nitrogens with zero attached hydrogens (tertiary/aromatic N) is 1. The van der Waals surface area contributed by atoms with Crippen LogP contribution in [0.5, 0.6) is 0 Å². The zero-order chi connectivity index (χ0) is 16.3. The minimum atomic E-state index is -3.85. The van der Waals surface area contributed by atoms with Crippen molar-refractivity contribution in [2.45, 2.75) is 44.7 Å². The SMILES string of the molecule is CCn1cc(S(N)(=O)=O)cc1C(=O)OCCOC(C)(C)C. The van der Waals surface area contributed by atoms with Crippen molar-refractivity contribution >= 4 is 16.0 Å². The second-order valence-corrected chi connectivity index (χ2v) is 7.05. The third-order valence-corrected chi connectivity index (χ3v) is 3.48. The van der Waals surface area contributed by atoms with E-state index < -0.39 is 16.0 Å². The highest BCUT2D eigenvalue weighted by Crippen LogP contribution is 2.14. The first-order valence-electron chi connectivity index (χ1n) is 6.58. The Labute approximate surface area is 125 Å². The summed E-state index contributed by atoms with van der Waals surface area (Å²) in [6.07, 6.45) is 1.32. The fourth-order valence-corrected chi connectivity index (χ4v) is 2.18. The number of ether oxygens (including phenoxy) is 2. The van der Waals surface area contributed by atoms with E-state index in [-0.39, 0.29) is 29.4 Å². The number of carbonyl (C=O) groups excluding carboxylic acids is 1. The molecule has 0 saturated carbocycles. The van der Waals surface area contributed by atoms with Crippen LogP contribution < -0.4 is 5.14 Å². The van der Waals surface area contributed by atoms with Crippen LogP contribution >= 0.6 is 0 Å². The predicted molar refractivity (Wildman–Crippen MR) is 77.5 cm³/mol. The molecule has 0 fully saturated rings. The van der Waals surface area contributed by atoms with Gasteiger partial charge in [-0.15, -0.1) is 0 Å². The molecule has 0 unspecified atom stereocenters. The van der Waals surface area contributed by atoms with Crippen LogP contribution in [-0.4, -0.2) is 37.8 Å². The van der Waals surface area contributed by atoms with Gasteiger partial charge in [0.05, 0.1) is 12.2 Å². The maximum atomic E-state index is 12.0. The second-order valence-electron chi connectivity index (χ2n) is 5.49. The molecule has 1 aromatic rings. The minimum absolute atomic E-state index is 0.0930. The molecule has 0 aromatic carbocycles. The van der Waals surface area contributed by atoms with E-state index in [4.69, 9.17) is 14.6 Å². The highest BCUT2D eigenvalue weighted by molar-refractivity contribution is 7.89. The highest BCUT2D eigenvalue weighted by atomic mass is 32.2. The van der Waals surface area contributed by atoms with E-state index in [2.05, 4.69) is 0 Å². The van der Waals surface area contributed by atoms with Crippen LogP contribution in [0.2, 0.25) is 0 Å². The molecule has 0 amide bonds. The smallest absolute Gasteiger partial charge is 0.355 e. The number of nitrogens with two attached hydrogens (primary N) is 1. The Kier molecular flexibility index (Phi) is 5.54. The van der Waals surface area contributed by atoms with Gasteiger partial charge in [0.1, 0.15) is 17.2 Å². The normalized spacial score (nSPS) is 12.4. The topological polar surface area (TPSA) is 101 Å². The molecule has 1 aromatic heterocycles. The van der Waals surface area contributed by atoms with Crippen LogP contribution in [0, 0.1) is 0 Å². The Morgan fingerprint density at radius 2 is 1.95 bits per heavy atom. The first kappa shape index (κ1) is 17.7. The zero-order valence-corrected chi connectivity index (χ0v) is 13.6. The minimum Gasteiger partial charge on any atom is -0.459 e. The van der Waals surface area contributed by atoms with Crippen molar-refractivity contribution in [3.05, 3.63) is 18.0 Å². The number of aryl methyl sites for hydroxylation is 1.